The Labute approximate surface area is 111 Å². The van der Waals surface area contributed by atoms with Crippen LogP contribution < -0.4 is 0 Å². The van der Waals surface area contributed by atoms with Crippen LogP contribution in [0.25, 0.3) is 0 Å². The molecule has 0 atom stereocenters. The number of carbonyl (C=O) groups excluding carboxylic acids is 2. The smallest absolute Gasteiger partial charge is 0.380 e. The minimum atomic E-state index is -1.70. The molecule has 0 heterocycles. The van der Waals surface area contributed by atoms with Crippen LogP contribution >= 0.6 is 0 Å². The molecule has 104 valence electrons. The van der Waals surface area contributed by atoms with Gasteiger partial charge in [-0.2, -0.15) is 0 Å². The van der Waals surface area contributed by atoms with Gasteiger partial charge in [0.15, 0.2) is 0 Å². The molecule has 4 fully saturated rings. The number of Topliss-reactive ketones (excluding diaryl/α,β-unsaturated/α-hetero) is 2. The number of rotatable bonds is 5. The van der Waals surface area contributed by atoms with Gasteiger partial charge in [0.1, 0.15) is 6.61 Å². The minimum absolute atomic E-state index is 0.261. The first-order chi connectivity index (χ1) is 8.97. The average Bonchev–Trinajstić information content (AvgIpc) is 2.33. The summed E-state index contributed by atoms with van der Waals surface area (Å²) in [5.41, 5.74) is -0.261. The lowest BCUT2D eigenvalue weighted by Crippen LogP contribution is -2.52. The third-order valence-electron chi connectivity index (χ3n) is 4.94. The summed E-state index contributed by atoms with van der Waals surface area (Å²) in [6.07, 6.45) is 6.70. The maximum Gasteiger partial charge on any atom is 0.380 e. The molecule has 0 radical (unpaired) electrons. The van der Waals surface area contributed by atoms with Gasteiger partial charge in [-0.1, -0.05) is 0 Å². The summed E-state index contributed by atoms with van der Waals surface area (Å²) in [7, 11) is 0. The Balaban J connectivity index is 1.62. The number of ether oxygens (including phenoxy) is 1. The van der Waals surface area contributed by atoms with Crippen LogP contribution in [-0.2, 0) is 19.1 Å². The number of ketones is 2. The third-order valence-corrected chi connectivity index (χ3v) is 4.94. The standard InChI is InChI=1S/C14H18O5/c15-11(12(16)13(17)18)7-19-14-4-8-1-9(5-14)3-10(2-8)6-14/h8-10H,1-7H2,(H,17,18). The van der Waals surface area contributed by atoms with E-state index in [4.69, 9.17) is 9.84 Å². The Kier molecular flexibility index (Phi) is 2.96. The first-order valence-electron chi connectivity index (χ1n) is 6.92. The third kappa shape index (κ3) is 2.31. The molecule has 0 aromatic carbocycles. The van der Waals surface area contributed by atoms with Crippen molar-refractivity contribution in [1.29, 1.82) is 0 Å². The molecule has 0 aromatic heterocycles. The number of aliphatic carboxylic acids is 1. The lowest BCUT2D eigenvalue weighted by molar-refractivity contribution is -0.172. The highest BCUT2D eigenvalue weighted by atomic mass is 16.5. The van der Waals surface area contributed by atoms with E-state index in [0.29, 0.717) is 17.8 Å². The molecule has 4 rings (SSSR count). The average molecular weight is 266 g/mol. The highest BCUT2D eigenvalue weighted by Crippen LogP contribution is 2.57. The summed E-state index contributed by atoms with van der Waals surface area (Å²) in [4.78, 5) is 32.9. The minimum Gasteiger partial charge on any atom is -0.475 e. The number of carbonyl (C=O) groups is 3. The molecule has 4 bridgehead atoms. The topological polar surface area (TPSA) is 80.7 Å². The van der Waals surface area contributed by atoms with Crippen molar-refractivity contribution >= 4 is 17.5 Å². The van der Waals surface area contributed by atoms with E-state index in [-0.39, 0.29) is 12.2 Å². The Hall–Kier alpha value is -1.23. The fourth-order valence-electron chi connectivity index (χ4n) is 4.61. The molecule has 5 nitrogen and oxygen atoms in total. The van der Waals surface area contributed by atoms with Crippen LogP contribution in [0, 0.1) is 17.8 Å². The SMILES string of the molecule is O=C(O)C(=O)C(=O)COC12CC3CC(CC(C3)C1)C2. The molecule has 0 aliphatic heterocycles. The maximum atomic E-state index is 11.4. The van der Waals surface area contributed by atoms with Crippen LogP contribution in [0.2, 0.25) is 0 Å². The molecule has 4 aliphatic carbocycles. The van der Waals surface area contributed by atoms with E-state index in [1.54, 1.807) is 0 Å². The van der Waals surface area contributed by atoms with Gasteiger partial charge in [0.2, 0.25) is 5.78 Å². The van der Waals surface area contributed by atoms with Crippen LogP contribution in [0.3, 0.4) is 0 Å². The summed E-state index contributed by atoms with van der Waals surface area (Å²) >= 11 is 0. The van der Waals surface area contributed by atoms with Crippen LogP contribution in [0.4, 0.5) is 0 Å². The monoisotopic (exact) mass is 266 g/mol. The first-order valence-corrected chi connectivity index (χ1v) is 6.92. The van der Waals surface area contributed by atoms with Gasteiger partial charge < -0.3 is 9.84 Å². The van der Waals surface area contributed by atoms with E-state index in [1.807, 2.05) is 0 Å². The van der Waals surface area contributed by atoms with Gasteiger partial charge in [0, 0.05) is 0 Å². The van der Waals surface area contributed by atoms with E-state index in [0.717, 1.165) is 19.3 Å². The van der Waals surface area contributed by atoms with Gasteiger partial charge in [0.05, 0.1) is 5.60 Å². The Bertz CT molecular complexity index is 404. The number of carboxylic acids is 1. The summed E-state index contributed by atoms with van der Waals surface area (Å²) in [6.45, 7) is -0.378. The molecule has 4 aliphatic rings. The van der Waals surface area contributed by atoms with Gasteiger partial charge in [-0.3, -0.25) is 9.59 Å². The zero-order valence-corrected chi connectivity index (χ0v) is 10.8. The molecule has 0 saturated heterocycles. The fraction of sp³-hybridized carbons (Fsp3) is 0.786. The van der Waals surface area contributed by atoms with Crippen molar-refractivity contribution in [2.45, 2.75) is 44.1 Å². The van der Waals surface area contributed by atoms with Crippen molar-refractivity contribution in [2.75, 3.05) is 6.61 Å². The van der Waals surface area contributed by atoms with E-state index in [1.165, 1.54) is 19.3 Å². The summed E-state index contributed by atoms with van der Waals surface area (Å²) in [6, 6.07) is 0. The molecule has 1 N–H and O–H groups in total. The van der Waals surface area contributed by atoms with Gasteiger partial charge in [-0.05, 0) is 56.3 Å². The fourth-order valence-corrected chi connectivity index (χ4v) is 4.61. The van der Waals surface area contributed by atoms with Gasteiger partial charge in [-0.15, -0.1) is 0 Å². The second-order valence-corrected chi connectivity index (χ2v) is 6.45. The summed E-state index contributed by atoms with van der Waals surface area (Å²) < 4.78 is 5.74. The second kappa shape index (κ2) is 4.40. The molecule has 0 aromatic rings. The Morgan fingerprint density at radius 1 is 1.00 bits per heavy atom. The van der Waals surface area contributed by atoms with Gasteiger partial charge >= 0.3 is 11.8 Å². The van der Waals surface area contributed by atoms with Crippen LogP contribution in [0.15, 0.2) is 0 Å². The largest absolute Gasteiger partial charge is 0.475 e. The molecule has 5 heteroatoms. The van der Waals surface area contributed by atoms with E-state index < -0.39 is 17.5 Å². The highest BCUT2D eigenvalue weighted by molar-refractivity contribution is 6.62. The predicted molar refractivity (Wildman–Crippen MR) is 64.5 cm³/mol. The molecule has 4 saturated carbocycles. The van der Waals surface area contributed by atoms with Gasteiger partial charge in [0.25, 0.3) is 0 Å². The van der Waals surface area contributed by atoms with E-state index in [2.05, 4.69) is 0 Å². The van der Waals surface area contributed by atoms with E-state index in [9.17, 15) is 14.4 Å². The predicted octanol–water partition coefficient (Wildman–Crippen LogP) is 1.19. The van der Waals surface area contributed by atoms with Crippen molar-refractivity contribution < 1.29 is 24.2 Å². The van der Waals surface area contributed by atoms with Crippen LogP contribution in [0.1, 0.15) is 38.5 Å². The second-order valence-electron chi connectivity index (χ2n) is 6.45. The summed E-state index contributed by atoms with van der Waals surface area (Å²) in [5, 5.41) is 8.49. The van der Waals surface area contributed by atoms with Crippen molar-refractivity contribution in [1.82, 2.24) is 0 Å². The van der Waals surface area contributed by atoms with Crippen molar-refractivity contribution in [3.8, 4) is 0 Å². The Morgan fingerprint density at radius 2 is 1.47 bits per heavy atom. The molecule has 0 unspecified atom stereocenters. The molecule has 19 heavy (non-hydrogen) atoms. The molecular weight excluding hydrogens is 248 g/mol. The number of hydrogen-bond donors (Lipinski definition) is 1. The maximum absolute atomic E-state index is 11.4. The molecule has 0 amide bonds. The van der Waals surface area contributed by atoms with Crippen LogP contribution in [-0.4, -0.2) is 34.9 Å². The van der Waals surface area contributed by atoms with Crippen molar-refractivity contribution in [3.05, 3.63) is 0 Å². The van der Waals surface area contributed by atoms with E-state index >= 15 is 0 Å². The van der Waals surface area contributed by atoms with Crippen molar-refractivity contribution in [3.63, 3.8) is 0 Å². The van der Waals surface area contributed by atoms with Gasteiger partial charge in [-0.25, -0.2) is 4.79 Å². The molecule has 0 spiro atoms. The zero-order valence-electron chi connectivity index (χ0n) is 10.8. The first kappa shape index (κ1) is 12.8. The highest BCUT2D eigenvalue weighted by Gasteiger charge is 2.52. The van der Waals surface area contributed by atoms with Crippen LogP contribution in [0.5, 0.6) is 0 Å². The number of carboxylic acid groups (broad SMARTS) is 1. The normalized spacial score (nSPS) is 39.3. The van der Waals surface area contributed by atoms with Crippen molar-refractivity contribution in [2.24, 2.45) is 17.8 Å². The summed E-state index contributed by atoms with van der Waals surface area (Å²) in [5.74, 6) is -1.93. The zero-order chi connectivity index (χ0) is 13.6. The quantitative estimate of drug-likeness (QED) is 0.597. The lowest BCUT2D eigenvalue weighted by Gasteiger charge is -2.56. The Morgan fingerprint density at radius 3 is 1.89 bits per heavy atom. The number of hydrogen-bond acceptors (Lipinski definition) is 4. The lowest BCUT2D eigenvalue weighted by atomic mass is 9.54. The molecular formula is C14H18O5.